The maximum Gasteiger partial charge on any atom is 0.250 e. The van der Waals surface area contributed by atoms with Crippen LogP contribution in [0, 0.1) is 13.8 Å². The zero-order valence-corrected chi connectivity index (χ0v) is 19.4. The van der Waals surface area contributed by atoms with Gasteiger partial charge < -0.3 is 24.7 Å². The highest BCUT2D eigenvalue weighted by Gasteiger charge is 2.11. The molecule has 0 bridgehead atoms. The predicted molar refractivity (Wildman–Crippen MR) is 131 cm³/mol. The Hall–Kier alpha value is -3.87. The van der Waals surface area contributed by atoms with Crippen molar-refractivity contribution in [2.45, 2.75) is 27.3 Å². The van der Waals surface area contributed by atoms with Gasteiger partial charge in [0.1, 0.15) is 12.5 Å². The molecule has 0 saturated carbocycles. The van der Waals surface area contributed by atoms with Gasteiger partial charge in [0.2, 0.25) is 5.96 Å². The zero-order chi connectivity index (χ0) is 23.9. The molecule has 7 heteroatoms. The molecule has 0 aliphatic rings. The first-order chi connectivity index (χ1) is 15.4. The number of carbonyl (C=O) groups is 1. The fraction of sp³-hybridized carbons (Fsp3) is 0.240. The number of nitrogens with one attached hydrogen (secondary N) is 2. The summed E-state index contributed by atoms with van der Waals surface area (Å²) < 4.78 is 5.36. The van der Waals surface area contributed by atoms with Crippen LogP contribution in [0.3, 0.4) is 0 Å². The van der Waals surface area contributed by atoms with Crippen LogP contribution in [-0.4, -0.2) is 36.8 Å². The molecule has 0 saturated heterocycles. The molecule has 0 radical (unpaired) electrons. The van der Waals surface area contributed by atoms with Gasteiger partial charge >= 0.3 is 0 Å². The van der Waals surface area contributed by atoms with Crippen molar-refractivity contribution in [3.63, 3.8) is 0 Å². The number of aliphatic imine (C=N–C) groups is 1. The first kappa shape index (κ1) is 26.2. The van der Waals surface area contributed by atoms with E-state index < -0.39 is 0 Å². The number of hydrogen-bond donors (Lipinski definition) is 2. The van der Waals surface area contributed by atoms with E-state index in [-0.39, 0.29) is 5.56 Å². The Morgan fingerprint density at radius 2 is 1.78 bits per heavy atom. The Balaban J connectivity index is 0.00000249. The molecule has 1 aromatic heterocycles. The maximum atomic E-state index is 11.9. The number of aromatic amines is 1. The third kappa shape index (κ3) is 8.47. The first-order valence-electron chi connectivity index (χ1n) is 10.0. The minimum atomic E-state index is -0.120. The van der Waals surface area contributed by atoms with Gasteiger partial charge in [-0.25, -0.2) is 0 Å². The van der Waals surface area contributed by atoms with Crippen LogP contribution >= 0.6 is 0 Å². The van der Waals surface area contributed by atoms with Crippen molar-refractivity contribution < 1.29 is 9.53 Å². The van der Waals surface area contributed by atoms with E-state index in [9.17, 15) is 4.79 Å². The highest BCUT2D eigenvalue weighted by Crippen LogP contribution is 2.14. The van der Waals surface area contributed by atoms with Crippen molar-refractivity contribution in [3.05, 3.63) is 99.8 Å². The van der Waals surface area contributed by atoms with Crippen molar-refractivity contribution in [2.75, 3.05) is 19.5 Å². The SMILES string of the molecule is C=O.CN=C(Nc1cccc(C)c(=O)[nH]ccc1C)N(/C=C(\C)OC)Cc1ccccc1. The van der Waals surface area contributed by atoms with Crippen LogP contribution in [0.5, 0.6) is 0 Å². The summed E-state index contributed by atoms with van der Waals surface area (Å²) in [6.45, 7) is 8.27. The molecule has 1 aromatic carbocycles. The van der Waals surface area contributed by atoms with E-state index in [1.165, 1.54) is 0 Å². The summed E-state index contributed by atoms with van der Waals surface area (Å²) in [7, 11) is 3.39. The Kier molecular flexibility index (Phi) is 11.6. The Morgan fingerprint density at radius 1 is 1.09 bits per heavy atom. The normalized spacial score (nSPS) is 10.9. The number of aryl methyl sites for hydroxylation is 2. The van der Waals surface area contributed by atoms with Crippen LogP contribution < -0.4 is 10.9 Å². The largest absolute Gasteiger partial charge is 0.500 e. The lowest BCUT2D eigenvalue weighted by Gasteiger charge is -2.24. The molecule has 2 aromatic rings. The number of methoxy groups -OCH3 is 1. The van der Waals surface area contributed by atoms with Gasteiger partial charge in [-0.1, -0.05) is 42.5 Å². The van der Waals surface area contributed by atoms with E-state index in [0.717, 1.165) is 22.6 Å². The lowest BCUT2D eigenvalue weighted by molar-refractivity contribution is -0.0979. The van der Waals surface area contributed by atoms with Crippen molar-refractivity contribution in [1.29, 1.82) is 0 Å². The van der Waals surface area contributed by atoms with E-state index in [0.29, 0.717) is 18.1 Å². The molecule has 0 fully saturated rings. The maximum absolute atomic E-state index is 11.9. The molecule has 7 nitrogen and oxygen atoms in total. The molecule has 2 rings (SSSR count). The van der Waals surface area contributed by atoms with Crippen molar-refractivity contribution in [2.24, 2.45) is 4.99 Å². The van der Waals surface area contributed by atoms with Gasteiger partial charge in [0, 0.05) is 30.7 Å². The first-order valence-corrected chi connectivity index (χ1v) is 10.0. The fourth-order valence-corrected chi connectivity index (χ4v) is 2.69. The standard InChI is InChI=1S/C24H30N4O2.CH2O/c1-18-14-15-26-23(29)19(2)10-9-13-22(18)27-24(25-4)28(16-20(3)30-5)17-21-11-7-6-8-12-21;1-2/h6-16H,17H2,1-5H3,(H,25,27)(H,26,29);1H2/b20-16+;. The van der Waals surface area contributed by atoms with Crippen LogP contribution in [0.4, 0.5) is 5.69 Å². The molecule has 0 atom stereocenters. The average molecular weight is 437 g/mol. The minimum Gasteiger partial charge on any atom is -0.500 e. The molecular formula is C25H32N4O3. The molecule has 1 heterocycles. The number of guanidine groups is 1. The molecular weight excluding hydrogens is 404 g/mol. The second kappa shape index (κ2) is 14.2. The van der Waals surface area contributed by atoms with E-state index in [1.54, 1.807) is 33.3 Å². The van der Waals surface area contributed by atoms with Gasteiger partial charge in [-0.2, -0.15) is 0 Å². The van der Waals surface area contributed by atoms with Crippen molar-refractivity contribution >= 4 is 18.4 Å². The lowest BCUT2D eigenvalue weighted by atomic mass is 10.2. The number of carbonyl (C=O) groups excluding carboxylic acids is 1. The number of anilines is 1. The summed E-state index contributed by atoms with van der Waals surface area (Å²) in [6.07, 6.45) is 3.57. The summed E-state index contributed by atoms with van der Waals surface area (Å²) in [4.78, 5) is 29.1. The third-order valence-corrected chi connectivity index (χ3v) is 4.53. The van der Waals surface area contributed by atoms with E-state index in [4.69, 9.17) is 9.53 Å². The lowest BCUT2D eigenvalue weighted by Crippen LogP contribution is -2.32. The summed E-state index contributed by atoms with van der Waals surface area (Å²) in [5.41, 5.74) is 3.48. The molecule has 0 spiro atoms. The third-order valence-electron chi connectivity index (χ3n) is 4.53. The zero-order valence-electron chi connectivity index (χ0n) is 19.4. The molecule has 0 amide bonds. The van der Waals surface area contributed by atoms with Gasteiger partial charge in [-0.05, 0) is 44.0 Å². The Labute approximate surface area is 189 Å². The number of benzene rings is 1. The molecule has 0 unspecified atom stereocenters. The highest BCUT2D eigenvalue weighted by atomic mass is 16.5. The van der Waals surface area contributed by atoms with E-state index in [1.807, 2.05) is 68.1 Å². The van der Waals surface area contributed by atoms with Crippen LogP contribution in [0.15, 0.2) is 82.5 Å². The number of hydrogen-bond acceptors (Lipinski definition) is 4. The van der Waals surface area contributed by atoms with E-state index in [2.05, 4.69) is 27.4 Å². The molecule has 2 N–H and O–H groups in total. The van der Waals surface area contributed by atoms with Crippen LogP contribution in [0.1, 0.15) is 23.6 Å². The van der Waals surface area contributed by atoms with Gasteiger partial charge in [-0.3, -0.25) is 9.79 Å². The minimum absolute atomic E-state index is 0.120. The second-order valence-corrected chi connectivity index (χ2v) is 6.84. The summed E-state index contributed by atoms with van der Waals surface area (Å²) >= 11 is 0. The smallest absolute Gasteiger partial charge is 0.250 e. The van der Waals surface area contributed by atoms with Gasteiger partial charge in [0.15, 0.2) is 0 Å². The van der Waals surface area contributed by atoms with Gasteiger partial charge in [-0.15, -0.1) is 0 Å². The number of H-pyrrole nitrogens is 1. The topological polar surface area (TPSA) is 86.8 Å². The number of nitrogens with zero attached hydrogens (tertiary/aromatic N) is 2. The number of rotatable bonds is 5. The summed E-state index contributed by atoms with van der Waals surface area (Å²) in [5, 5.41) is 3.42. The van der Waals surface area contributed by atoms with Crippen LogP contribution in [-0.2, 0) is 16.1 Å². The molecule has 0 aliphatic carbocycles. The number of allylic oxidation sites excluding steroid dienone is 1. The van der Waals surface area contributed by atoms with E-state index >= 15 is 0 Å². The second-order valence-electron chi connectivity index (χ2n) is 6.84. The molecule has 0 aliphatic heterocycles. The number of ether oxygens (including phenoxy) is 1. The summed E-state index contributed by atoms with van der Waals surface area (Å²) in [5.74, 6) is 1.44. The van der Waals surface area contributed by atoms with Crippen LogP contribution in [0.2, 0.25) is 0 Å². The van der Waals surface area contributed by atoms with Gasteiger partial charge in [0.05, 0.1) is 13.7 Å². The Bertz CT molecular complexity index is 1030. The highest BCUT2D eigenvalue weighted by molar-refractivity contribution is 5.94. The monoisotopic (exact) mass is 436 g/mol. The number of aromatic nitrogens is 1. The quantitative estimate of drug-likeness (QED) is 0.414. The average Bonchev–Trinajstić information content (AvgIpc) is 2.81. The van der Waals surface area contributed by atoms with Crippen LogP contribution in [0.25, 0.3) is 0 Å². The Morgan fingerprint density at radius 3 is 2.41 bits per heavy atom. The summed E-state index contributed by atoms with van der Waals surface area (Å²) in [6, 6.07) is 17.6. The fourth-order valence-electron chi connectivity index (χ4n) is 2.69. The van der Waals surface area contributed by atoms with Crippen molar-refractivity contribution in [3.8, 4) is 0 Å². The predicted octanol–water partition coefficient (Wildman–Crippen LogP) is 4.34. The van der Waals surface area contributed by atoms with Crippen molar-refractivity contribution in [1.82, 2.24) is 9.88 Å². The van der Waals surface area contributed by atoms with Gasteiger partial charge in [0.25, 0.3) is 5.56 Å². The molecule has 170 valence electrons. The molecule has 32 heavy (non-hydrogen) atoms.